The lowest BCUT2D eigenvalue weighted by molar-refractivity contribution is 0.705. The minimum absolute atomic E-state index is 0.517. The lowest BCUT2D eigenvalue weighted by Crippen LogP contribution is -2.07. The lowest BCUT2D eigenvalue weighted by atomic mass is 9.98. The van der Waals surface area contributed by atoms with E-state index in [1.165, 1.54) is 5.56 Å². The van der Waals surface area contributed by atoms with Crippen LogP contribution in [0, 0.1) is 0 Å². The highest BCUT2D eigenvalue weighted by Crippen LogP contribution is 2.24. The normalized spacial score (nSPS) is 12.2. The van der Waals surface area contributed by atoms with Crippen LogP contribution >= 0.6 is 27.5 Å². The maximum atomic E-state index is 6.11. The summed E-state index contributed by atoms with van der Waals surface area (Å²) >= 11 is 9.45. The van der Waals surface area contributed by atoms with E-state index in [0.717, 1.165) is 23.3 Å². The Bertz CT molecular complexity index is 531. The molecule has 0 radical (unpaired) electrons. The first-order valence-electron chi connectivity index (χ1n) is 6.26. The second-order valence-electron chi connectivity index (χ2n) is 4.51. The minimum Gasteiger partial charge on any atom is -0.369 e. The second kappa shape index (κ2) is 6.92. The molecule has 1 aromatic carbocycles. The zero-order valence-corrected chi connectivity index (χ0v) is 13.1. The number of halogens is 2. The first-order chi connectivity index (χ1) is 9.16. The van der Waals surface area contributed by atoms with Gasteiger partial charge in [0.15, 0.2) is 0 Å². The molecule has 1 N–H and O–H groups in total. The van der Waals surface area contributed by atoms with Gasteiger partial charge in [-0.05, 0) is 39.9 Å². The van der Waals surface area contributed by atoms with Crippen LogP contribution in [0.25, 0.3) is 0 Å². The van der Waals surface area contributed by atoms with Gasteiger partial charge in [0, 0.05) is 17.2 Å². The number of hydrogen-bond donors (Lipinski definition) is 1. The third kappa shape index (κ3) is 4.22. The van der Waals surface area contributed by atoms with Crippen LogP contribution in [0.15, 0.2) is 47.1 Å². The highest BCUT2D eigenvalue weighted by atomic mass is 79.9. The number of nitrogens with zero attached hydrogens (tertiary/aromatic N) is 1. The van der Waals surface area contributed by atoms with Crippen LogP contribution < -0.4 is 5.32 Å². The molecular weight excluding hydrogens is 324 g/mol. The molecule has 19 heavy (non-hydrogen) atoms. The number of rotatable bonds is 5. The first-order valence-corrected chi connectivity index (χ1v) is 7.44. The molecule has 0 amide bonds. The molecule has 0 spiro atoms. The van der Waals surface area contributed by atoms with Gasteiger partial charge >= 0.3 is 0 Å². The quantitative estimate of drug-likeness (QED) is 0.819. The monoisotopic (exact) mass is 338 g/mol. The fourth-order valence-electron chi connectivity index (χ4n) is 1.90. The molecule has 0 bridgehead atoms. The highest BCUT2D eigenvalue weighted by Gasteiger charge is 2.06. The fourth-order valence-corrected chi connectivity index (χ4v) is 2.60. The number of anilines is 1. The molecule has 100 valence electrons. The van der Waals surface area contributed by atoms with Crippen molar-refractivity contribution in [3.05, 3.63) is 57.7 Å². The smallest absolute Gasteiger partial charge is 0.144 e. The topological polar surface area (TPSA) is 24.9 Å². The fraction of sp³-hybridized carbons (Fsp3) is 0.267. The van der Waals surface area contributed by atoms with Crippen molar-refractivity contribution in [2.75, 3.05) is 11.9 Å². The molecule has 0 aliphatic rings. The summed E-state index contributed by atoms with van der Waals surface area (Å²) in [5.41, 5.74) is 1.36. The molecular formula is C15H16BrClN2. The van der Waals surface area contributed by atoms with Crippen LogP contribution in [0.2, 0.25) is 5.02 Å². The van der Waals surface area contributed by atoms with Gasteiger partial charge in [-0.2, -0.15) is 0 Å². The molecule has 4 heteroatoms. The average Bonchev–Trinajstić information content (AvgIpc) is 2.42. The Balaban J connectivity index is 1.86. The van der Waals surface area contributed by atoms with Gasteiger partial charge in [0.2, 0.25) is 0 Å². The van der Waals surface area contributed by atoms with Gasteiger partial charge < -0.3 is 5.32 Å². The van der Waals surface area contributed by atoms with Crippen LogP contribution in [0.4, 0.5) is 5.82 Å². The van der Waals surface area contributed by atoms with Crippen LogP contribution in [0.5, 0.6) is 0 Å². The summed E-state index contributed by atoms with van der Waals surface area (Å²) in [6, 6.07) is 12.4. The van der Waals surface area contributed by atoms with Crippen molar-refractivity contribution in [3.63, 3.8) is 0 Å². The van der Waals surface area contributed by atoms with E-state index in [9.17, 15) is 0 Å². The molecule has 2 rings (SSSR count). The molecule has 2 aromatic rings. The van der Waals surface area contributed by atoms with Gasteiger partial charge in [-0.15, -0.1) is 0 Å². The third-order valence-corrected chi connectivity index (χ3v) is 3.77. The summed E-state index contributed by atoms with van der Waals surface area (Å²) in [4.78, 5) is 4.26. The Labute approximate surface area is 127 Å². The van der Waals surface area contributed by atoms with Crippen LogP contribution in [0.1, 0.15) is 24.8 Å². The van der Waals surface area contributed by atoms with E-state index in [-0.39, 0.29) is 0 Å². The number of hydrogen-bond acceptors (Lipinski definition) is 2. The highest BCUT2D eigenvalue weighted by molar-refractivity contribution is 9.10. The lowest BCUT2D eigenvalue weighted by Gasteiger charge is -2.13. The van der Waals surface area contributed by atoms with E-state index in [2.05, 4.69) is 57.4 Å². The summed E-state index contributed by atoms with van der Waals surface area (Å²) < 4.78 is 0.890. The van der Waals surface area contributed by atoms with Gasteiger partial charge in [0.05, 0.1) is 5.02 Å². The van der Waals surface area contributed by atoms with Gasteiger partial charge in [-0.1, -0.05) is 48.9 Å². The maximum absolute atomic E-state index is 6.11. The SMILES string of the molecule is CC(CCNc1ncc(Br)cc1Cl)c1ccccc1. The van der Waals surface area contributed by atoms with Crippen molar-refractivity contribution in [3.8, 4) is 0 Å². The molecule has 0 aliphatic carbocycles. The van der Waals surface area contributed by atoms with Gasteiger partial charge in [-0.3, -0.25) is 0 Å². The maximum Gasteiger partial charge on any atom is 0.144 e. The predicted octanol–water partition coefficient (Wildman–Crippen LogP) is 5.10. The van der Waals surface area contributed by atoms with Crippen LogP contribution in [0.3, 0.4) is 0 Å². The Morgan fingerprint density at radius 3 is 2.74 bits per heavy atom. The Morgan fingerprint density at radius 1 is 1.32 bits per heavy atom. The summed E-state index contributed by atoms with van der Waals surface area (Å²) in [6.07, 6.45) is 2.78. The summed E-state index contributed by atoms with van der Waals surface area (Å²) in [7, 11) is 0. The molecule has 1 unspecified atom stereocenters. The summed E-state index contributed by atoms with van der Waals surface area (Å²) in [5.74, 6) is 1.26. The number of benzene rings is 1. The van der Waals surface area contributed by atoms with E-state index in [4.69, 9.17) is 11.6 Å². The second-order valence-corrected chi connectivity index (χ2v) is 5.83. The van der Waals surface area contributed by atoms with E-state index < -0.39 is 0 Å². The minimum atomic E-state index is 0.517. The molecule has 0 fully saturated rings. The van der Waals surface area contributed by atoms with E-state index in [1.807, 2.05) is 12.1 Å². The molecule has 1 heterocycles. The van der Waals surface area contributed by atoms with Crippen molar-refractivity contribution >= 4 is 33.3 Å². The molecule has 0 saturated heterocycles. The number of nitrogens with one attached hydrogen (secondary N) is 1. The number of aromatic nitrogens is 1. The molecule has 1 atom stereocenters. The Morgan fingerprint density at radius 2 is 2.05 bits per heavy atom. The van der Waals surface area contributed by atoms with E-state index >= 15 is 0 Å². The van der Waals surface area contributed by atoms with Gasteiger partial charge in [-0.25, -0.2) is 4.98 Å². The van der Waals surface area contributed by atoms with Gasteiger partial charge in [0.25, 0.3) is 0 Å². The molecule has 1 aromatic heterocycles. The third-order valence-electron chi connectivity index (χ3n) is 3.05. The summed E-state index contributed by atoms with van der Waals surface area (Å²) in [6.45, 7) is 3.08. The Hall–Kier alpha value is -1.06. The van der Waals surface area contributed by atoms with E-state index in [0.29, 0.717) is 10.9 Å². The first kappa shape index (κ1) is 14.4. The molecule has 0 aliphatic heterocycles. The van der Waals surface area contributed by atoms with Gasteiger partial charge in [0.1, 0.15) is 5.82 Å². The van der Waals surface area contributed by atoms with Crippen molar-refractivity contribution in [1.29, 1.82) is 0 Å². The van der Waals surface area contributed by atoms with Crippen molar-refractivity contribution in [2.24, 2.45) is 0 Å². The van der Waals surface area contributed by atoms with E-state index in [1.54, 1.807) is 6.20 Å². The van der Waals surface area contributed by atoms with Crippen molar-refractivity contribution in [1.82, 2.24) is 4.98 Å². The average molecular weight is 340 g/mol. The standard InChI is InChI=1S/C15H16BrClN2/c1-11(12-5-3-2-4-6-12)7-8-18-15-14(17)9-13(16)10-19-15/h2-6,9-11H,7-8H2,1H3,(H,18,19). The van der Waals surface area contributed by atoms with Crippen LogP contribution in [-0.2, 0) is 0 Å². The largest absolute Gasteiger partial charge is 0.369 e. The van der Waals surface area contributed by atoms with Crippen LogP contribution in [-0.4, -0.2) is 11.5 Å². The zero-order valence-electron chi connectivity index (χ0n) is 10.7. The molecule has 0 saturated carbocycles. The summed E-state index contributed by atoms with van der Waals surface area (Å²) in [5, 5.41) is 3.92. The Kier molecular flexibility index (Phi) is 5.23. The number of pyridine rings is 1. The predicted molar refractivity (Wildman–Crippen MR) is 84.9 cm³/mol. The van der Waals surface area contributed by atoms with Crippen molar-refractivity contribution in [2.45, 2.75) is 19.3 Å². The van der Waals surface area contributed by atoms with Crippen molar-refractivity contribution < 1.29 is 0 Å². The molecule has 2 nitrogen and oxygen atoms in total. The zero-order chi connectivity index (χ0) is 13.7.